The van der Waals surface area contributed by atoms with E-state index in [1.807, 2.05) is 25.1 Å². The molecule has 0 spiro atoms. The number of anilines is 2. The van der Waals surface area contributed by atoms with Crippen molar-refractivity contribution in [3.8, 4) is 0 Å². The summed E-state index contributed by atoms with van der Waals surface area (Å²) in [5, 5.41) is 3.97. The first kappa shape index (κ1) is 12.8. The van der Waals surface area contributed by atoms with Crippen molar-refractivity contribution in [2.45, 2.75) is 6.92 Å². The number of hydrogen-bond acceptors (Lipinski definition) is 3. The van der Waals surface area contributed by atoms with E-state index in [2.05, 4.69) is 10.3 Å². The molecule has 2 aromatic rings. The highest BCUT2D eigenvalue weighted by Crippen LogP contribution is 2.25. The number of rotatable bonds is 3. The maximum atomic E-state index is 5.92. The minimum Gasteiger partial charge on any atom is -0.389 e. The Balaban J connectivity index is 2.37. The summed E-state index contributed by atoms with van der Waals surface area (Å²) in [5.74, 6) is 0. The van der Waals surface area contributed by atoms with Gasteiger partial charge in [0.05, 0.1) is 11.9 Å². The van der Waals surface area contributed by atoms with E-state index in [0.717, 1.165) is 22.5 Å². The molecule has 0 bridgehead atoms. The fraction of sp³-hybridized carbons (Fsp3) is 0.0769. The number of aryl methyl sites for hydroxylation is 1. The summed E-state index contributed by atoms with van der Waals surface area (Å²) in [5.41, 5.74) is 9.22. The summed E-state index contributed by atoms with van der Waals surface area (Å²) in [6.45, 7) is 1.98. The minimum absolute atomic E-state index is 0.339. The highest BCUT2D eigenvalue weighted by molar-refractivity contribution is 7.80. The Morgan fingerprint density at radius 1 is 1.33 bits per heavy atom. The number of thiocarbonyl (C=S) groups is 1. The predicted molar refractivity (Wildman–Crippen MR) is 79.6 cm³/mol. The van der Waals surface area contributed by atoms with Gasteiger partial charge in [-0.05, 0) is 36.8 Å². The molecule has 0 saturated carbocycles. The Morgan fingerprint density at radius 3 is 2.78 bits per heavy atom. The lowest BCUT2D eigenvalue weighted by molar-refractivity contribution is 1.31. The monoisotopic (exact) mass is 277 g/mol. The molecule has 3 nitrogen and oxygen atoms in total. The van der Waals surface area contributed by atoms with Crippen molar-refractivity contribution < 1.29 is 0 Å². The van der Waals surface area contributed by atoms with Gasteiger partial charge in [0.2, 0.25) is 0 Å². The SMILES string of the molecule is Cc1cc(Cl)ccc1Nc1cnccc1C(N)=S. The van der Waals surface area contributed by atoms with E-state index >= 15 is 0 Å². The lowest BCUT2D eigenvalue weighted by atomic mass is 10.1. The van der Waals surface area contributed by atoms with E-state index in [1.54, 1.807) is 18.5 Å². The van der Waals surface area contributed by atoms with Gasteiger partial charge in [0.15, 0.2) is 0 Å². The van der Waals surface area contributed by atoms with Gasteiger partial charge in [0, 0.05) is 22.5 Å². The molecule has 0 aliphatic heterocycles. The van der Waals surface area contributed by atoms with Crippen LogP contribution in [0.1, 0.15) is 11.1 Å². The zero-order chi connectivity index (χ0) is 13.1. The molecular weight excluding hydrogens is 266 g/mol. The molecule has 92 valence electrons. The highest BCUT2D eigenvalue weighted by atomic mass is 35.5. The summed E-state index contributed by atoms with van der Waals surface area (Å²) < 4.78 is 0. The molecule has 2 rings (SSSR count). The Bertz CT molecular complexity index is 599. The summed E-state index contributed by atoms with van der Waals surface area (Å²) in [6, 6.07) is 7.42. The molecule has 0 atom stereocenters. The van der Waals surface area contributed by atoms with Crippen molar-refractivity contribution in [2.24, 2.45) is 5.73 Å². The number of halogens is 1. The van der Waals surface area contributed by atoms with Crippen LogP contribution in [0, 0.1) is 6.92 Å². The molecular formula is C13H12ClN3S. The molecule has 0 radical (unpaired) electrons. The van der Waals surface area contributed by atoms with Gasteiger partial charge in [-0.3, -0.25) is 4.98 Å². The van der Waals surface area contributed by atoms with Crippen LogP contribution in [0.4, 0.5) is 11.4 Å². The van der Waals surface area contributed by atoms with Crippen LogP contribution < -0.4 is 11.1 Å². The molecule has 1 aromatic heterocycles. The van der Waals surface area contributed by atoms with Gasteiger partial charge < -0.3 is 11.1 Å². The van der Waals surface area contributed by atoms with E-state index in [0.29, 0.717) is 10.0 Å². The lowest BCUT2D eigenvalue weighted by Gasteiger charge is -2.12. The fourth-order valence-corrected chi connectivity index (χ4v) is 2.03. The summed E-state index contributed by atoms with van der Waals surface area (Å²) in [7, 11) is 0. The highest BCUT2D eigenvalue weighted by Gasteiger charge is 2.06. The average Bonchev–Trinajstić information content (AvgIpc) is 2.33. The van der Waals surface area contributed by atoms with Gasteiger partial charge in [-0.15, -0.1) is 0 Å². The van der Waals surface area contributed by atoms with Gasteiger partial charge in [0.1, 0.15) is 4.99 Å². The quantitative estimate of drug-likeness (QED) is 0.844. The number of benzene rings is 1. The van der Waals surface area contributed by atoms with Crippen LogP contribution in [-0.4, -0.2) is 9.97 Å². The predicted octanol–water partition coefficient (Wildman–Crippen LogP) is 3.42. The van der Waals surface area contributed by atoms with Crippen LogP contribution in [0.15, 0.2) is 36.7 Å². The second-order valence-corrected chi connectivity index (χ2v) is 4.75. The number of pyridine rings is 1. The average molecular weight is 278 g/mol. The van der Waals surface area contributed by atoms with Crippen molar-refractivity contribution in [3.63, 3.8) is 0 Å². The topological polar surface area (TPSA) is 50.9 Å². The molecule has 0 amide bonds. The Labute approximate surface area is 116 Å². The van der Waals surface area contributed by atoms with Crippen LogP contribution in [0.25, 0.3) is 0 Å². The van der Waals surface area contributed by atoms with Gasteiger partial charge in [-0.2, -0.15) is 0 Å². The smallest absolute Gasteiger partial charge is 0.106 e. The van der Waals surface area contributed by atoms with E-state index < -0.39 is 0 Å². The number of nitrogens with two attached hydrogens (primary N) is 1. The van der Waals surface area contributed by atoms with Crippen LogP contribution in [0.3, 0.4) is 0 Å². The van der Waals surface area contributed by atoms with Crippen molar-refractivity contribution in [1.29, 1.82) is 0 Å². The Hall–Kier alpha value is -1.65. The maximum Gasteiger partial charge on any atom is 0.106 e. The number of hydrogen-bond donors (Lipinski definition) is 2. The molecule has 1 heterocycles. The number of nitrogens with zero attached hydrogens (tertiary/aromatic N) is 1. The fourth-order valence-electron chi connectivity index (χ4n) is 1.62. The lowest BCUT2D eigenvalue weighted by Crippen LogP contribution is -2.12. The molecule has 18 heavy (non-hydrogen) atoms. The first-order valence-corrected chi connectivity index (χ1v) is 6.13. The molecule has 0 aliphatic rings. The largest absolute Gasteiger partial charge is 0.389 e. The minimum atomic E-state index is 0.339. The third-order valence-corrected chi connectivity index (χ3v) is 3.00. The van der Waals surface area contributed by atoms with E-state index in [4.69, 9.17) is 29.6 Å². The number of aromatic nitrogens is 1. The molecule has 0 saturated heterocycles. The van der Waals surface area contributed by atoms with Crippen molar-refractivity contribution in [3.05, 3.63) is 52.8 Å². The summed E-state index contributed by atoms with van der Waals surface area (Å²) >= 11 is 10.9. The Morgan fingerprint density at radius 2 is 2.11 bits per heavy atom. The molecule has 3 N–H and O–H groups in total. The van der Waals surface area contributed by atoms with Crippen LogP contribution >= 0.6 is 23.8 Å². The maximum absolute atomic E-state index is 5.92. The summed E-state index contributed by atoms with van der Waals surface area (Å²) in [6.07, 6.45) is 3.36. The standard InChI is InChI=1S/C13H12ClN3S/c1-8-6-9(14)2-3-11(8)17-12-7-16-5-4-10(12)13(15)18/h2-7,17H,1H3,(H2,15,18). The first-order valence-electron chi connectivity index (χ1n) is 5.35. The van der Waals surface area contributed by atoms with Gasteiger partial charge >= 0.3 is 0 Å². The molecule has 5 heteroatoms. The van der Waals surface area contributed by atoms with Gasteiger partial charge in [0.25, 0.3) is 0 Å². The van der Waals surface area contributed by atoms with Gasteiger partial charge in [-0.1, -0.05) is 23.8 Å². The molecule has 0 unspecified atom stereocenters. The second-order valence-electron chi connectivity index (χ2n) is 3.87. The van der Waals surface area contributed by atoms with Crippen LogP contribution in [0.2, 0.25) is 5.02 Å². The van der Waals surface area contributed by atoms with Crippen molar-refractivity contribution in [2.75, 3.05) is 5.32 Å². The van der Waals surface area contributed by atoms with Crippen molar-refractivity contribution >= 4 is 40.2 Å². The Kier molecular flexibility index (Phi) is 3.79. The molecule has 0 aliphatic carbocycles. The van der Waals surface area contributed by atoms with Gasteiger partial charge in [-0.25, -0.2) is 0 Å². The summed E-state index contributed by atoms with van der Waals surface area (Å²) in [4.78, 5) is 4.41. The zero-order valence-electron chi connectivity index (χ0n) is 9.77. The third kappa shape index (κ3) is 2.78. The first-order chi connectivity index (χ1) is 8.58. The number of nitrogens with one attached hydrogen (secondary N) is 1. The third-order valence-electron chi connectivity index (χ3n) is 2.54. The van der Waals surface area contributed by atoms with E-state index in [9.17, 15) is 0 Å². The normalized spacial score (nSPS) is 10.1. The zero-order valence-corrected chi connectivity index (χ0v) is 11.3. The second kappa shape index (κ2) is 5.33. The molecule has 0 fully saturated rings. The van der Waals surface area contributed by atoms with E-state index in [1.165, 1.54) is 0 Å². The van der Waals surface area contributed by atoms with Crippen LogP contribution in [-0.2, 0) is 0 Å². The molecule has 1 aromatic carbocycles. The van der Waals surface area contributed by atoms with E-state index in [-0.39, 0.29) is 0 Å². The van der Waals surface area contributed by atoms with Crippen LogP contribution in [0.5, 0.6) is 0 Å². The van der Waals surface area contributed by atoms with Crippen molar-refractivity contribution in [1.82, 2.24) is 4.98 Å².